The van der Waals surface area contributed by atoms with Crippen LogP contribution in [0.3, 0.4) is 0 Å². The number of carbonyl (C=O) groups is 1. The fraction of sp³-hybridized carbons (Fsp3) is 0.188. The third-order valence-corrected chi connectivity index (χ3v) is 4.48. The molecule has 0 saturated heterocycles. The van der Waals surface area contributed by atoms with Crippen molar-refractivity contribution in [1.29, 1.82) is 0 Å². The van der Waals surface area contributed by atoms with Gasteiger partial charge in [-0.05, 0) is 29.8 Å². The summed E-state index contributed by atoms with van der Waals surface area (Å²) in [5.41, 5.74) is -0.195. The van der Waals surface area contributed by atoms with Crippen molar-refractivity contribution in [3.8, 4) is 0 Å². The molecule has 0 bridgehead atoms. The number of anilines is 1. The first-order valence-electron chi connectivity index (χ1n) is 7.10. The lowest BCUT2D eigenvalue weighted by molar-refractivity contribution is -0.116. The molecule has 0 spiro atoms. The van der Waals surface area contributed by atoms with Gasteiger partial charge in [0.05, 0.1) is 12.8 Å². The predicted octanol–water partition coefficient (Wildman–Crippen LogP) is 2.50. The molecule has 5 nitrogen and oxygen atoms in total. The van der Waals surface area contributed by atoms with Gasteiger partial charge in [-0.15, -0.1) is 0 Å². The Morgan fingerprint density at radius 1 is 1.04 bits per heavy atom. The van der Waals surface area contributed by atoms with Gasteiger partial charge in [-0.1, -0.05) is 18.2 Å². The molecule has 0 radical (unpaired) electrons. The molecule has 0 saturated carbocycles. The fourth-order valence-electron chi connectivity index (χ4n) is 2.04. The van der Waals surface area contributed by atoms with E-state index >= 15 is 0 Å². The molecular formula is C16H15F3N2O3S. The molecule has 0 atom stereocenters. The van der Waals surface area contributed by atoms with Gasteiger partial charge >= 0.3 is 0 Å². The van der Waals surface area contributed by atoms with Crippen LogP contribution in [0.1, 0.15) is 5.56 Å². The molecule has 9 heteroatoms. The lowest BCUT2D eigenvalue weighted by atomic mass is 10.2. The zero-order chi connectivity index (χ0) is 18.6. The molecule has 0 heterocycles. The highest BCUT2D eigenvalue weighted by Gasteiger charge is 2.22. The molecule has 1 amide bonds. The van der Waals surface area contributed by atoms with Crippen LogP contribution in [0.2, 0.25) is 0 Å². The molecular weight excluding hydrogens is 357 g/mol. The number of hydrogen-bond donors (Lipinski definition) is 1. The number of sulfonamides is 1. The summed E-state index contributed by atoms with van der Waals surface area (Å²) in [4.78, 5) is 12.0. The van der Waals surface area contributed by atoms with Gasteiger partial charge in [-0.3, -0.25) is 4.79 Å². The number of nitrogens with zero attached hydrogens (tertiary/aromatic N) is 1. The maximum atomic E-state index is 13.5. The molecule has 0 aliphatic rings. The zero-order valence-electron chi connectivity index (χ0n) is 13.2. The highest BCUT2D eigenvalue weighted by molar-refractivity contribution is 7.88. The molecule has 0 fully saturated rings. The van der Waals surface area contributed by atoms with Crippen molar-refractivity contribution in [2.45, 2.75) is 6.54 Å². The molecule has 0 unspecified atom stereocenters. The molecule has 2 rings (SSSR count). The van der Waals surface area contributed by atoms with Gasteiger partial charge in [-0.25, -0.2) is 21.6 Å². The van der Waals surface area contributed by atoms with E-state index in [1.807, 2.05) is 5.32 Å². The van der Waals surface area contributed by atoms with Crippen LogP contribution in [0, 0.1) is 17.5 Å². The summed E-state index contributed by atoms with van der Waals surface area (Å²) in [5.74, 6) is -3.34. The number of para-hydroxylation sites is 1. The Labute approximate surface area is 143 Å². The Morgan fingerprint density at radius 3 is 2.12 bits per heavy atom. The van der Waals surface area contributed by atoms with Gasteiger partial charge in [0.2, 0.25) is 15.9 Å². The first-order chi connectivity index (χ1) is 11.7. The van der Waals surface area contributed by atoms with Crippen molar-refractivity contribution >= 4 is 21.6 Å². The van der Waals surface area contributed by atoms with E-state index in [9.17, 15) is 26.4 Å². The Bertz CT molecular complexity index is 850. The summed E-state index contributed by atoms with van der Waals surface area (Å²) < 4.78 is 64.5. The summed E-state index contributed by atoms with van der Waals surface area (Å²) in [5, 5.41) is 2.02. The van der Waals surface area contributed by atoms with Crippen molar-refractivity contribution in [2.75, 3.05) is 18.1 Å². The minimum absolute atomic E-state index is 0.188. The Kier molecular flexibility index (Phi) is 5.81. The number of carbonyl (C=O) groups excluding carboxylic acids is 1. The molecule has 0 aliphatic heterocycles. The number of halogens is 3. The average molecular weight is 372 g/mol. The van der Waals surface area contributed by atoms with Gasteiger partial charge in [-0.2, -0.15) is 4.31 Å². The van der Waals surface area contributed by atoms with E-state index in [-0.39, 0.29) is 6.54 Å². The van der Waals surface area contributed by atoms with Crippen LogP contribution >= 0.6 is 0 Å². The fourth-order valence-corrected chi connectivity index (χ4v) is 2.78. The van der Waals surface area contributed by atoms with Gasteiger partial charge in [0.15, 0.2) is 0 Å². The topological polar surface area (TPSA) is 66.5 Å². The van der Waals surface area contributed by atoms with Gasteiger partial charge < -0.3 is 5.32 Å². The smallest absolute Gasteiger partial charge is 0.239 e. The average Bonchev–Trinajstić information content (AvgIpc) is 2.51. The summed E-state index contributed by atoms with van der Waals surface area (Å²) >= 11 is 0. The van der Waals surface area contributed by atoms with Crippen LogP contribution in [0.4, 0.5) is 18.9 Å². The zero-order valence-corrected chi connectivity index (χ0v) is 14.0. The second-order valence-electron chi connectivity index (χ2n) is 5.30. The summed E-state index contributed by atoms with van der Waals surface area (Å²) in [6, 6.07) is 8.13. The molecule has 25 heavy (non-hydrogen) atoms. The third-order valence-electron chi connectivity index (χ3n) is 3.29. The van der Waals surface area contributed by atoms with Crippen molar-refractivity contribution in [3.63, 3.8) is 0 Å². The minimum atomic E-state index is -3.79. The first-order valence-corrected chi connectivity index (χ1v) is 8.95. The van der Waals surface area contributed by atoms with E-state index in [2.05, 4.69) is 0 Å². The van der Waals surface area contributed by atoms with Crippen molar-refractivity contribution in [3.05, 3.63) is 65.5 Å². The number of benzene rings is 2. The van der Waals surface area contributed by atoms with Crippen molar-refractivity contribution in [1.82, 2.24) is 4.31 Å². The Hall–Kier alpha value is -2.39. The van der Waals surface area contributed by atoms with E-state index < -0.39 is 45.6 Å². The van der Waals surface area contributed by atoms with E-state index in [0.29, 0.717) is 5.56 Å². The molecule has 2 aromatic carbocycles. The molecule has 0 aliphatic carbocycles. The van der Waals surface area contributed by atoms with Gasteiger partial charge in [0.25, 0.3) is 0 Å². The highest BCUT2D eigenvalue weighted by atomic mass is 32.2. The largest absolute Gasteiger partial charge is 0.320 e. The van der Waals surface area contributed by atoms with E-state index in [1.165, 1.54) is 12.1 Å². The van der Waals surface area contributed by atoms with Crippen LogP contribution in [0.5, 0.6) is 0 Å². The molecule has 134 valence electrons. The predicted molar refractivity (Wildman–Crippen MR) is 86.6 cm³/mol. The van der Waals surface area contributed by atoms with Crippen LogP contribution < -0.4 is 5.32 Å². The quantitative estimate of drug-likeness (QED) is 0.847. The van der Waals surface area contributed by atoms with E-state index in [4.69, 9.17) is 0 Å². The van der Waals surface area contributed by atoms with Crippen LogP contribution in [-0.2, 0) is 21.4 Å². The standard InChI is InChI=1S/C16H15F3N2O3S/c1-25(23,24)21(9-11-5-7-12(17)8-6-11)10-15(22)20-16-13(18)3-2-4-14(16)19/h2-8H,9-10H2,1H3,(H,20,22). The third kappa shape index (κ3) is 5.30. The number of amides is 1. The van der Waals surface area contributed by atoms with Crippen LogP contribution in [-0.4, -0.2) is 31.4 Å². The Balaban J connectivity index is 2.14. The van der Waals surface area contributed by atoms with Crippen molar-refractivity contribution < 1.29 is 26.4 Å². The summed E-state index contributed by atoms with van der Waals surface area (Å²) in [7, 11) is -3.79. The lowest BCUT2D eigenvalue weighted by Gasteiger charge is -2.19. The van der Waals surface area contributed by atoms with E-state index in [1.54, 1.807) is 0 Å². The lowest BCUT2D eigenvalue weighted by Crippen LogP contribution is -2.37. The molecule has 1 N–H and O–H groups in total. The highest BCUT2D eigenvalue weighted by Crippen LogP contribution is 2.18. The first kappa shape index (κ1) is 18.9. The molecule has 0 aromatic heterocycles. The molecule has 2 aromatic rings. The maximum Gasteiger partial charge on any atom is 0.239 e. The normalized spacial score (nSPS) is 11.6. The summed E-state index contributed by atoms with van der Waals surface area (Å²) in [6.45, 7) is -0.837. The van der Waals surface area contributed by atoms with E-state index in [0.717, 1.165) is 40.9 Å². The van der Waals surface area contributed by atoms with Crippen LogP contribution in [0.25, 0.3) is 0 Å². The number of nitrogens with one attached hydrogen (secondary N) is 1. The monoisotopic (exact) mass is 372 g/mol. The second kappa shape index (κ2) is 7.66. The number of rotatable bonds is 6. The SMILES string of the molecule is CS(=O)(=O)N(CC(=O)Nc1c(F)cccc1F)Cc1ccc(F)cc1. The van der Waals surface area contributed by atoms with Gasteiger partial charge in [0, 0.05) is 6.54 Å². The number of hydrogen-bond acceptors (Lipinski definition) is 3. The minimum Gasteiger partial charge on any atom is -0.320 e. The summed E-state index contributed by atoms with van der Waals surface area (Å²) in [6.07, 6.45) is 0.896. The van der Waals surface area contributed by atoms with Crippen LogP contribution in [0.15, 0.2) is 42.5 Å². The maximum absolute atomic E-state index is 13.5. The van der Waals surface area contributed by atoms with Crippen molar-refractivity contribution in [2.24, 2.45) is 0 Å². The second-order valence-corrected chi connectivity index (χ2v) is 7.28. The van der Waals surface area contributed by atoms with Gasteiger partial charge in [0.1, 0.15) is 23.1 Å². The Morgan fingerprint density at radius 2 is 1.60 bits per heavy atom.